The SMILES string of the molecule is O=[N+]([O-])c1ccc(NN=Cc2nccs2)cc1. The Morgan fingerprint density at radius 3 is 2.76 bits per heavy atom. The van der Waals surface area contributed by atoms with Crippen LogP contribution in [0.2, 0.25) is 0 Å². The van der Waals surface area contributed by atoms with Crippen LogP contribution >= 0.6 is 11.3 Å². The monoisotopic (exact) mass is 248 g/mol. The molecule has 86 valence electrons. The number of thiazole rings is 1. The number of anilines is 1. The minimum atomic E-state index is -0.442. The molecule has 1 aromatic heterocycles. The van der Waals surface area contributed by atoms with Crippen LogP contribution in [-0.2, 0) is 0 Å². The van der Waals surface area contributed by atoms with Gasteiger partial charge in [0, 0.05) is 23.7 Å². The fourth-order valence-corrected chi connectivity index (χ4v) is 1.61. The lowest BCUT2D eigenvalue weighted by Gasteiger charge is -1.98. The van der Waals surface area contributed by atoms with Crippen molar-refractivity contribution in [3.63, 3.8) is 0 Å². The van der Waals surface area contributed by atoms with Crippen molar-refractivity contribution in [1.82, 2.24) is 4.98 Å². The van der Waals surface area contributed by atoms with E-state index < -0.39 is 4.92 Å². The highest BCUT2D eigenvalue weighted by Gasteiger charge is 2.02. The smallest absolute Gasteiger partial charge is 0.269 e. The number of nitro benzene ring substituents is 1. The van der Waals surface area contributed by atoms with E-state index in [1.807, 2.05) is 5.38 Å². The van der Waals surface area contributed by atoms with Gasteiger partial charge in [-0.1, -0.05) is 0 Å². The molecule has 17 heavy (non-hydrogen) atoms. The first-order valence-corrected chi connectivity index (χ1v) is 5.57. The van der Waals surface area contributed by atoms with Gasteiger partial charge < -0.3 is 0 Å². The van der Waals surface area contributed by atoms with E-state index in [9.17, 15) is 10.1 Å². The molecular formula is C10H8N4O2S. The van der Waals surface area contributed by atoms with Crippen molar-refractivity contribution in [3.8, 4) is 0 Å². The highest BCUT2D eigenvalue weighted by atomic mass is 32.1. The highest BCUT2D eigenvalue weighted by molar-refractivity contribution is 7.11. The van der Waals surface area contributed by atoms with Gasteiger partial charge in [0.05, 0.1) is 16.8 Å². The fourth-order valence-electron chi connectivity index (χ4n) is 1.12. The average Bonchev–Trinajstić information content (AvgIpc) is 2.83. The normalized spacial score (nSPS) is 10.6. The Labute approximate surface area is 101 Å². The van der Waals surface area contributed by atoms with Gasteiger partial charge >= 0.3 is 0 Å². The summed E-state index contributed by atoms with van der Waals surface area (Å²) in [5, 5.41) is 17.0. The molecule has 0 aliphatic carbocycles. The Morgan fingerprint density at radius 2 is 2.18 bits per heavy atom. The largest absolute Gasteiger partial charge is 0.278 e. The number of nitrogens with one attached hydrogen (secondary N) is 1. The second kappa shape index (κ2) is 5.17. The van der Waals surface area contributed by atoms with Gasteiger partial charge in [0.2, 0.25) is 0 Å². The van der Waals surface area contributed by atoms with Crippen molar-refractivity contribution in [2.24, 2.45) is 5.10 Å². The molecule has 0 fully saturated rings. The first-order chi connectivity index (χ1) is 8.25. The second-order valence-electron chi connectivity index (χ2n) is 3.04. The van der Waals surface area contributed by atoms with E-state index in [1.165, 1.54) is 23.5 Å². The van der Waals surface area contributed by atoms with Gasteiger partial charge in [-0.2, -0.15) is 5.10 Å². The maximum atomic E-state index is 10.4. The van der Waals surface area contributed by atoms with Crippen LogP contribution in [0.3, 0.4) is 0 Å². The van der Waals surface area contributed by atoms with E-state index in [0.717, 1.165) is 5.01 Å². The molecule has 0 unspecified atom stereocenters. The molecular weight excluding hydrogens is 240 g/mol. The standard InChI is InChI=1S/C10H8N4O2S/c15-14(16)9-3-1-8(2-4-9)13-12-7-10-11-5-6-17-10/h1-7,13H. The van der Waals surface area contributed by atoms with Gasteiger partial charge in [0.15, 0.2) is 0 Å². The van der Waals surface area contributed by atoms with Crippen LogP contribution in [0.5, 0.6) is 0 Å². The second-order valence-corrected chi connectivity index (χ2v) is 3.97. The maximum Gasteiger partial charge on any atom is 0.269 e. The third-order valence-electron chi connectivity index (χ3n) is 1.90. The van der Waals surface area contributed by atoms with E-state index in [2.05, 4.69) is 15.5 Å². The molecule has 0 aliphatic rings. The quantitative estimate of drug-likeness (QED) is 0.512. The third-order valence-corrected chi connectivity index (χ3v) is 2.61. The topological polar surface area (TPSA) is 80.4 Å². The molecule has 0 amide bonds. The summed E-state index contributed by atoms with van der Waals surface area (Å²) in [6.07, 6.45) is 3.28. The zero-order valence-electron chi connectivity index (χ0n) is 8.61. The molecule has 2 rings (SSSR count). The maximum absolute atomic E-state index is 10.4. The average molecular weight is 248 g/mol. The van der Waals surface area contributed by atoms with Crippen molar-refractivity contribution in [2.75, 3.05) is 5.43 Å². The van der Waals surface area contributed by atoms with Crippen molar-refractivity contribution in [2.45, 2.75) is 0 Å². The van der Waals surface area contributed by atoms with E-state index in [-0.39, 0.29) is 5.69 Å². The summed E-state index contributed by atoms with van der Waals surface area (Å²) in [6, 6.07) is 6.02. The summed E-state index contributed by atoms with van der Waals surface area (Å²) in [5.41, 5.74) is 3.50. The van der Waals surface area contributed by atoms with Crippen molar-refractivity contribution >= 4 is 28.9 Å². The predicted molar refractivity (Wildman–Crippen MR) is 66.4 cm³/mol. The molecule has 2 aromatic rings. The number of aromatic nitrogens is 1. The van der Waals surface area contributed by atoms with E-state index in [0.29, 0.717) is 5.69 Å². The number of nitro groups is 1. The summed E-state index contributed by atoms with van der Waals surface area (Å²) in [7, 11) is 0. The van der Waals surface area contributed by atoms with Crippen molar-refractivity contribution in [3.05, 3.63) is 51.0 Å². The van der Waals surface area contributed by atoms with Crippen molar-refractivity contribution in [1.29, 1.82) is 0 Å². The Kier molecular flexibility index (Phi) is 3.41. The number of hydrogen-bond donors (Lipinski definition) is 1. The Balaban J connectivity index is 1.97. The molecule has 0 bridgehead atoms. The van der Waals surface area contributed by atoms with Gasteiger partial charge in [0.25, 0.3) is 5.69 Å². The zero-order valence-corrected chi connectivity index (χ0v) is 9.42. The molecule has 0 atom stereocenters. The van der Waals surface area contributed by atoms with Gasteiger partial charge in [0.1, 0.15) is 5.01 Å². The van der Waals surface area contributed by atoms with E-state index in [4.69, 9.17) is 0 Å². The summed E-state index contributed by atoms with van der Waals surface area (Å²) < 4.78 is 0. The fraction of sp³-hybridized carbons (Fsp3) is 0. The van der Waals surface area contributed by atoms with Crippen LogP contribution in [-0.4, -0.2) is 16.1 Å². The molecule has 6 nitrogen and oxygen atoms in total. The first kappa shape index (κ1) is 11.2. The molecule has 1 heterocycles. The molecule has 1 aromatic carbocycles. The number of hydrogen-bond acceptors (Lipinski definition) is 6. The van der Waals surface area contributed by atoms with E-state index >= 15 is 0 Å². The number of hydrazone groups is 1. The van der Waals surface area contributed by atoms with Gasteiger partial charge in [-0.15, -0.1) is 11.3 Å². The van der Waals surface area contributed by atoms with Gasteiger partial charge in [-0.25, -0.2) is 4.98 Å². The molecule has 0 aliphatic heterocycles. The predicted octanol–water partition coefficient (Wildman–Crippen LogP) is 2.50. The van der Waals surface area contributed by atoms with Crippen LogP contribution in [0.15, 0.2) is 40.9 Å². The minimum Gasteiger partial charge on any atom is -0.278 e. The van der Waals surface area contributed by atoms with E-state index in [1.54, 1.807) is 24.5 Å². The van der Waals surface area contributed by atoms with Crippen LogP contribution < -0.4 is 5.43 Å². The molecule has 0 saturated heterocycles. The van der Waals surface area contributed by atoms with Crippen LogP contribution in [0.25, 0.3) is 0 Å². The number of nitrogens with zero attached hydrogens (tertiary/aromatic N) is 3. The summed E-state index contributed by atoms with van der Waals surface area (Å²) in [4.78, 5) is 14.0. The minimum absolute atomic E-state index is 0.0550. The van der Waals surface area contributed by atoms with Gasteiger partial charge in [-0.05, 0) is 12.1 Å². The lowest BCUT2D eigenvalue weighted by molar-refractivity contribution is -0.384. The molecule has 0 saturated carbocycles. The first-order valence-electron chi connectivity index (χ1n) is 4.69. The summed E-state index contributed by atoms with van der Waals surface area (Å²) >= 11 is 1.47. The van der Waals surface area contributed by atoms with Crippen LogP contribution in [0.1, 0.15) is 5.01 Å². The zero-order chi connectivity index (χ0) is 12.1. The molecule has 1 N–H and O–H groups in total. The Morgan fingerprint density at radius 1 is 1.41 bits per heavy atom. The lowest BCUT2D eigenvalue weighted by atomic mass is 10.3. The van der Waals surface area contributed by atoms with Crippen LogP contribution in [0, 0.1) is 10.1 Å². The molecule has 7 heteroatoms. The number of benzene rings is 1. The summed E-state index contributed by atoms with van der Waals surface area (Å²) in [5.74, 6) is 0. The lowest BCUT2D eigenvalue weighted by Crippen LogP contribution is -1.91. The molecule has 0 radical (unpaired) electrons. The van der Waals surface area contributed by atoms with Crippen molar-refractivity contribution < 1.29 is 4.92 Å². The highest BCUT2D eigenvalue weighted by Crippen LogP contribution is 2.15. The summed E-state index contributed by atoms with van der Waals surface area (Å²) in [6.45, 7) is 0. The van der Waals surface area contributed by atoms with Crippen LogP contribution in [0.4, 0.5) is 11.4 Å². The molecule has 0 spiro atoms. The Hall–Kier alpha value is -2.28. The number of non-ortho nitro benzene ring substituents is 1. The van der Waals surface area contributed by atoms with Gasteiger partial charge in [-0.3, -0.25) is 15.5 Å². The Bertz CT molecular complexity index is 522. The number of rotatable bonds is 4. The third kappa shape index (κ3) is 3.08.